The molecule has 0 radical (unpaired) electrons. The zero-order valence-electron chi connectivity index (χ0n) is 6.84. The first-order valence-corrected chi connectivity index (χ1v) is 4.31. The van der Waals surface area contributed by atoms with E-state index in [9.17, 15) is 26.1 Å². The van der Waals surface area contributed by atoms with Gasteiger partial charge in [-0.25, -0.2) is 12.8 Å². The third kappa shape index (κ3) is 4.13. The van der Waals surface area contributed by atoms with Crippen LogP contribution >= 0.6 is 0 Å². The summed E-state index contributed by atoms with van der Waals surface area (Å²) in [5.74, 6) is 0. The molecule has 0 fully saturated rings. The normalized spacial score (nSPS) is 14.8. The fourth-order valence-electron chi connectivity index (χ4n) is 0.471. The zero-order chi connectivity index (χ0) is 9.99. The van der Waals surface area contributed by atoms with Crippen LogP contribution in [0.2, 0.25) is 0 Å². The molecule has 0 saturated carbocycles. The van der Waals surface area contributed by atoms with E-state index >= 15 is 0 Å². The number of hydrogen-bond donors (Lipinski definition) is 1. The number of halogens is 3. The third-order valence-electron chi connectivity index (χ3n) is 1.12. The Labute approximate surface area is 95.7 Å². The van der Waals surface area contributed by atoms with Crippen LogP contribution < -0.4 is 35.3 Å². The van der Waals surface area contributed by atoms with Gasteiger partial charge in [0.1, 0.15) is 0 Å². The quantitative estimate of drug-likeness (QED) is 0.407. The molecule has 0 aromatic heterocycles. The molecule has 0 aromatic rings. The first-order valence-electron chi connectivity index (χ1n) is 2.91. The van der Waals surface area contributed by atoms with E-state index in [1.165, 1.54) is 0 Å². The standard InChI is InChI=1S/C4H8F3NO3S.Na/c5-3(1-2-8)4(6,7)12(9,10)11;/h3H,1-2,8H2,(H,9,10,11);/q;+1/p-1. The minimum atomic E-state index is -5.94. The van der Waals surface area contributed by atoms with Crippen LogP contribution in [-0.2, 0) is 10.1 Å². The molecule has 2 N–H and O–H groups in total. The molecule has 13 heavy (non-hydrogen) atoms. The van der Waals surface area contributed by atoms with Crippen LogP contribution in [0.1, 0.15) is 6.42 Å². The van der Waals surface area contributed by atoms with Crippen molar-refractivity contribution in [1.29, 1.82) is 0 Å². The molecule has 1 atom stereocenters. The minimum Gasteiger partial charge on any atom is -0.743 e. The van der Waals surface area contributed by atoms with E-state index in [-0.39, 0.29) is 29.6 Å². The van der Waals surface area contributed by atoms with Crippen LogP contribution in [0.25, 0.3) is 0 Å². The molecule has 0 aliphatic rings. The van der Waals surface area contributed by atoms with Gasteiger partial charge < -0.3 is 10.3 Å². The molecule has 1 unspecified atom stereocenters. The molecule has 0 spiro atoms. The van der Waals surface area contributed by atoms with E-state index in [2.05, 4.69) is 0 Å². The molecule has 4 nitrogen and oxygen atoms in total. The summed E-state index contributed by atoms with van der Waals surface area (Å²) in [7, 11) is -5.94. The summed E-state index contributed by atoms with van der Waals surface area (Å²) in [6, 6.07) is 0. The Balaban J connectivity index is 0. The van der Waals surface area contributed by atoms with E-state index in [4.69, 9.17) is 5.73 Å². The van der Waals surface area contributed by atoms with Crippen molar-refractivity contribution in [3.63, 3.8) is 0 Å². The van der Waals surface area contributed by atoms with E-state index in [0.717, 1.165) is 0 Å². The Kier molecular flexibility index (Phi) is 6.84. The summed E-state index contributed by atoms with van der Waals surface area (Å²) >= 11 is 0. The van der Waals surface area contributed by atoms with Gasteiger partial charge in [-0.1, -0.05) is 0 Å². The van der Waals surface area contributed by atoms with Crippen molar-refractivity contribution in [2.24, 2.45) is 5.73 Å². The first kappa shape index (κ1) is 16.1. The Morgan fingerprint density at radius 1 is 1.46 bits per heavy atom. The van der Waals surface area contributed by atoms with Crippen molar-refractivity contribution in [2.75, 3.05) is 6.54 Å². The maximum absolute atomic E-state index is 12.3. The van der Waals surface area contributed by atoms with Crippen molar-refractivity contribution in [3.8, 4) is 0 Å². The summed E-state index contributed by atoms with van der Waals surface area (Å²) in [4.78, 5) is 0. The molecule has 0 bridgehead atoms. The number of hydrogen-bond acceptors (Lipinski definition) is 4. The fourth-order valence-corrected chi connectivity index (χ4v) is 0.902. The Hall–Kier alpha value is 0.660. The molecule has 0 saturated heterocycles. The van der Waals surface area contributed by atoms with Gasteiger partial charge in [-0.05, 0) is 13.0 Å². The van der Waals surface area contributed by atoms with Gasteiger partial charge in [0.25, 0.3) is 0 Å². The third-order valence-corrected chi connectivity index (χ3v) is 2.04. The number of rotatable bonds is 4. The predicted octanol–water partition coefficient (Wildman–Crippen LogP) is -3.18. The van der Waals surface area contributed by atoms with E-state index < -0.39 is 34.5 Å². The second-order valence-corrected chi connectivity index (χ2v) is 3.51. The Morgan fingerprint density at radius 2 is 1.85 bits per heavy atom. The molecule has 9 heteroatoms. The minimum absolute atomic E-state index is 0. The van der Waals surface area contributed by atoms with Gasteiger partial charge >= 0.3 is 34.8 Å². The molecule has 0 aliphatic heterocycles. The molecular formula is C4H7F3NNaO3S. The molecule has 0 aromatic carbocycles. The second-order valence-electron chi connectivity index (χ2n) is 2.06. The molecular weight excluding hydrogens is 222 g/mol. The Morgan fingerprint density at radius 3 is 2.08 bits per heavy atom. The van der Waals surface area contributed by atoms with Crippen LogP contribution in [0.5, 0.6) is 0 Å². The number of alkyl halides is 3. The van der Waals surface area contributed by atoms with Crippen molar-refractivity contribution in [3.05, 3.63) is 0 Å². The van der Waals surface area contributed by atoms with Crippen LogP contribution in [0.3, 0.4) is 0 Å². The van der Waals surface area contributed by atoms with Crippen LogP contribution in [0, 0.1) is 0 Å². The van der Waals surface area contributed by atoms with Gasteiger partial charge in [-0.2, -0.15) is 8.78 Å². The maximum atomic E-state index is 12.3. The van der Waals surface area contributed by atoms with E-state index in [1.54, 1.807) is 0 Å². The topological polar surface area (TPSA) is 83.2 Å². The summed E-state index contributed by atoms with van der Waals surface area (Å²) < 4.78 is 66.0. The van der Waals surface area contributed by atoms with Gasteiger partial charge in [-0.15, -0.1) is 0 Å². The van der Waals surface area contributed by atoms with Gasteiger partial charge in [0.05, 0.1) is 0 Å². The second kappa shape index (κ2) is 5.52. The summed E-state index contributed by atoms with van der Waals surface area (Å²) in [5.41, 5.74) is 4.70. The Bertz CT molecular complexity index is 245. The van der Waals surface area contributed by atoms with E-state index in [0.29, 0.717) is 0 Å². The first-order chi connectivity index (χ1) is 5.23. The molecule has 0 amide bonds. The van der Waals surface area contributed by atoms with Crippen LogP contribution in [0.15, 0.2) is 0 Å². The largest absolute Gasteiger partial charge is 1.00 e. The van der Waals surface area contributed by atoms with E-state index in [1.807, 2.05) is 0 Å². The van der Waals surface area contributed by atoms with Crippen molar-refractivity contribution >= 4 is 10.1 Å². The predicted molar refractivity (Wildman–Crippen MR) is 33.2 cm³/mol. The smallest absolute Gasteiger partial charge is 0.743 e. The monoisotopic (exact) mass is 229 g/mol. The zero-order valence-corrected chi connectivity index (χ0v) is 9.65. The molecule has 0 aliphatic carbocycles. The summed E-state index contributed by atoms with van der Waals surface area (Å²) in [6.07, 6.45) is -3.90. The van der Waals surface area contributed by atoms with Crippen molar-refractivity contribution in [2.45, 2.75) is 17.8 Å². The molecule has 0 rings (SSSR count). The van der Waals surface area contributed by atoms with Gasteiger partial charge in [0.15, 0.2) is 16.3 Å². The SMILES string of the molecule is NCCC(F)C(F)(F)S(=O)(=O)[O-].[Na+]. The average Bonchev–Trinajstić information content (AvgIpc) is 1.85. The summed E-state index contributed by atoms with van der Waals surface area (Å²) in [6.45, 7) is -0.452. The number of nitrogens with two attached hydrogens (primary N) is 1. The van der Waals surface area contributed by atoms with Crippen LogP contribution in [-0.4, -0.2) is 30.9 Å². The van der Waals surface area contributed by atoms with Gasteiger partial charge in [0, 0.05) is 0 Å². The summed E-state index contributed by atoms with van der Waals surface area (Å²) in [5, 5.41) is -4.88. The van der Waals surface area contributed by atoms with Gasteiger partial charge in [-0.3, -0.25) is 0 Å². The fraction of sp³-hybridized carbons (Fsp3) is 1.00. The average molecular weight is 229 g/mol. The molecule has 74 valence electrons. The van der Waals surface area contributed by atoms with Crippen LogP contribution in [0.4, 0.5) is 13.2 Å². The maximum Gasteiger partial charge on any atom is 1.00 e. The van der Waals surface area contributed by atoms with Crippen molar-refractivity contribution < 1.29 is 55.7 Å². The van der Waals surface area contributed by atoms with Gasteiger partial charge in [0.2, 0.25) is 0 Å². The van der Waals surface area contributed by atoms with Crippen molar-refractivity contribution in [1.82, 2.24) is 0 Å². The molecule has 0 heterocycles.